The van der Waals surface area contributed by atoms with Gasteiger partial charge in [0, 0.05) is 18.8 Å². The van der Waals surface area contributed by atoms with Crippen molar-refractivity contribution in [2.75, 3.05) is 6.61 Å². The van der Waals surface area contributed by atoms with Crippen molar-refractivity contribution < 1.29 is 9.53 Å². The summed E-state index contributed by atoms with van der Waals surface area (Å²) in [4.78, 5) is 16.0. The summed E-state index contributed by atoms with van der Waals surface area (Å²) in [6, 6.07) is 11.5. The first-order valence-electron chi connectivity index (χ1n) is 7.23. The molecule has 0 spiro atoms. The van der Waals surface area contributed by atoms with Gasteiger partial charge in [0.05, 0.1) is 17.1 Å². The maximum absolute atomic E-state index is 11.9. The Morgan fingerprint density at radius 1 is 1.32 bits per heavy atom. The molecule has 5 heteroatoms. The van der Waals surface area contributed by atoms with Crippen molar-refractivity contribution >= 4 is 21.8 Å². The van der Waals surface area contributed by atoms with E-state index in [2.05, 4.69) is 26.2 Å². The number of ether oxygens (including phenoxy) is 1. The predicted octanol–water partition coefficient (Wildman–Crippen LogP) is 3.88. The third kappa shape index (κ3) is 5.15. The molecule has 2 rings (SSSR count). The predicted molar refractivity (Wildman–Crippen MR) is 89.7 cm³/mol. The number of para-hydroxylation sites is 1. The lowest BCUT2D eigenvalue weighted by Crippen LogP contribution is -2.26. The van der Waals surface area contributed by atoms with Gasteiger partial charge in [-0.25, -0.2) is 0 Å². The number of nitrogens with one attached hydrogen (secondary N) is 1. The second-order valence-corrected chi connectivity index (χ2v) is 5.81. The van der Waals surface area contributed by atoms with Crippen molar-refractivity contribution in [1.29, 1.82) is 0 Å². The van der Waals surface area contributed by atoms with Crippen molar-refractivity contribution in [2.24, 2.45) is 0 Å². The molecule has 2 aromatic rings. The number of carbonyl (C=O) groups excluding carboxylic acids is 1. The van der Waals surface area contributed by atoms with Crippen molar-refractivity contribution in [3.8, 4) is 5.75 Å². The molecular weight excluding hydrogens is 344 g/mol. The van der Waals surface area contributed by atoms with Gasteiger partial charge in [0.2, 0.25) is 5.91 Å². The average molecular weight is 363 g/mol. The van der Waals surface area contributed by atoms with Crippen molar-refractivity contribution in [3.63, 3.8) is 0 Å². The molecule has 0 aliphatic rings. The Morgan fingerprint density at radius 2 is 2.14 bits per heavy atom. The lowest BCUT2D eigenvalue weighted by Gasteiger charge is -2.14. The van der Waals surface area contributed by atoms with Gasteiger partial charge >= 0.3 is 0 Å². The molecule has 1 N–H and O–H groups in total. The number of carbonyl (C=O) groups is 1. The van der Waals surface area contributed by atoms with Gasteiger partial charge in [-0.05, 0) is 53.0 Å². The second-order valence-electron chi connectivity index (χ2n) is 4.96. The molecular formula is C17H19BrN2O2. The summed E-state index contributed by atoms with van der Waals surface area (Å²) >= 11 is 3.43. The molecule has 1 heterocycles. The van der Waals surface area contributed by atoms with E-state index in [4.69, 9.17) is 4.74 Å². The zero-order chi connectivity index (χ0) is 15.8. The smallest absolute Gasteiger partial charge is 0.220 e. The van der Waals surface area contributed by atoms with Crippen LogP contribution in [0.1, 0.15) is 31.4 Å². The number of pyridine rings is 1. The summed E-state index contributed by atoms with van der Waals surface area (Å²) in [7, 11) is 0. The molecule has 1 amide bonds. The fourth-order valence-electron chi connectivity index (χ4n) is 2.01. The molecule has 1 aromatic heterocycles. The van der Waals surface area contributed by atoms with E-state index in [0.29, 0.717) is 19.4 Å². The highest BCUT2D eigenvalue weighted by Crippen LogP contribution is 2.23. The van der Waals surface area contributed by atoms with E-state index >= 15 is 0 Å². The molecule has 22 heavy (non-hydrogen) atoms. The van der Waals surface area contributed by atoms with Crippen LogP contribution < -0.4 is 10.1 Å². The minimum atomic E-state index is -0.0367. The van der Waals surface area contributed by atoms with E-state index in [1.165, 1.54) is 0 Å². The Kier molecular flexibility index (Phi) is 6.40. The van der Waals surface area contributed by atoms with Crippen LogP contribution >= 0.6 is 15.9 Å². The minimum absolute atomic E-state index is 0.0204. The molecule has 0 fully saturated rings. The number of aromatic nitrogens is 1. The van der Waals surface area contributed by atoms with Gasteiger partial charge < -0.3 is 10.1 Å². The van der Waals surface area contributed by atoms with E-state index in [9.17, 15) is 4.79 Å². The van der Waals surface area contributed by atoms with E-state index in [-0.39, 0.29) is 11.9 Å². The summed E-state index contributed by atoms with van der Waals surface area (Å²) in [6.07, 6.45) is 4.60. The maximum Gasteiger partial charge on any atom is 0.220 e. The average Bonchev–Trinajstić information content (AvgIpc) is 2.54. The van der Waals surface area contributed by atoms with Crippen LogP contribution in [0.4, 0.5) is 0 Å². The first kappa shape index (κ1) is 16.5. The molecule has 116 valence electrons. The molecule has 1 atom stereocenters. The lowest BCUT2D eigenvalue weighted by atomic mass is 10.1. The molecule has 0 saturated carbocycles. The summed E-state index contributed by atoms with van der Waals surface area (Å²) < 4.78 is 6.56. The summed E-state index contributed by atoms with van der Waals surface area (Å²) in [6.45, 7) is 2.46. The van der Waals surface area contributed by atoms with Crippen molar-refractivity contribution in [1.82, 2.24) is 10.3 Å². The Balaban J connectivity index is 1.69. The van der Waals surface area contributed by atoms with Crippen LogP contribution in [0.2, 0.25) is 0 Å². The SMILES string of the molecule is C[C@H](NC(=O)CCCOc1ccccc1Br)c1cccnc1. The van der Waals surface area contributed by atoms with Crippen LogP contribution in [-0.4, -0.2) is 17.5 Å². The Hall–Kier alpha value is -1.88. The highest BCUT2D eigenvalue weighted by molar-refractivity contribution is 9.10. The summed E-state index contributed by atoms with van der Waals surface area (Å²) in [5, 5.41) is 2.96. The normalized spacial score (nSPS) is 11.7. The summed E-state index contributed by atoms with van der Waals surface area (Å²) in [5.41, 5.74) is 1.00. The molecule has 1 aromatic carbocycles. The van der Waals surface area contributed by atoms with Gasteiger partial charge in [0.15, 0.2) is 0 Å². The van der Waals surface area contributed by atoms with E-state index in [1.807, 2.05) is 43.3 Å². The second kappa shape index (κ2) is 8.54. The van der Waals surface area contributed by atoms with Crippen LogP contribution in [0.15, 0.2) is 53.3 Å². The molecule has 0 unspecified atom stereocenters. The third-order valence-corrected chi connectivity index (χ3v) is 3.86. The monoisotopic (exact) mass is 362 g/mol. The number of rotatable bonds is 7. The molecule has 0 radical (unpaired) electrons. The number of halogens is 1. The number of amides is 1. The highest BCUT2D eigenvalue weighted by atomic mass is 79.9. The zero-order valence-corrected chi connectivity index (χ0v) is 14.0. The van der Waals surface area contributed by atoms with Crippen LogP contribution in [0.5, 0.6) is 5.75 Å². The first-order chi connectivity index (χ1) is 10.7. The largest absolute Gasteiger partial charge is 0.492 e. The van der Waals surface area contributed by atoms with E-state index in [1.54, 1.807) is 12.4 Å². The molecule has 0 bridgehead atoms. The van der Waals surface area contributed by atoms with Gasteiger partial charge in [0.25, 0.3) is 0 Å². The quantitative estimate of drug-likeness (QED) is 0.760. The molecule has 0 aliphatic carbocycles. The van der Waals surface area contributed by atoms with Crippen LogP contribution in [0.3, 0.4) is 0 Å². The minimum Gasteiger partial charge on any atom is -0.492 e. The standard InChI is InChI=1S/C17H19BrN2O2/c1-13(14-6-4-10-19-12-14)20-17(21)9-5-11-22-16-8-3-2-7-15(16)18/h2-4,6-8,10,12-13H,5,9,11H2,1H3,(H,20,21)/t13-/m0/s1. The summed E-state index contributed by atoms with van der Waals surface area (Å²) in [5.74, 6) is 0.818. The Morgan fingerprint density at radius 3 is 2.86 bits per heavy atom. The van der Waals surface area contributed by atoms with E-state index < -0.39 is 0 Å². The van der Waals surface area contributed by atoms with Gasteiger partial charge in [0.1, 0.15) is 5.75 Å². The fourth-order valence-corrected chi connectivity index (χ4v) is 2.40. The van der Waals surface area contributed by atoms with E-state index in [0.717, 1.165) is 15.8 Å². The third-order valence-electron chi connectivity index (χ3n) is 3.20. The zero-order valence-electron chi connectivity index (χ0n) is 12.5. The molecule has 4 nitrogen and oxygen atoms in total. The number of benzene rings is 1. The first-order valence-corrected chi connectivity index (χ1v) is 8.02. The number of hydrogen-bond acceptors (Lipinski definition) is 3. The van der Waals surface area contributed by atoms with Crippen molar-refractivity contribution in [2.45, 2.75) is 25.8 Å². The van der Waals surface area contributed by atoms with Crippen LogP contribution in [0, 0.1) is 0 Å². The Labute approximate surface area is 139 Å². The maximum atomic E-state index is 11.9. The van der Waals surface area contributed by atoms with Gasteiger partial charge in [-0.1, -0.05) is 18.2 Å². The molecule has 0 saturated heterocycles. The van der Waals surface area contributed by atoms with Gasteiger partial charge in [-0.3, -0.25) is 9.78 Å². The van der Waals surface area contributed by atoms with Crippen molar-refractivity contribution in [3.05, 3.63) is 58.8 Å². The Bertz CT molecular complexity index is 605. The topological polar surface area (TPSA) is 51.2 Å². The number of hydrogen-bond donors (Lipinski definition) is 1. The van der Waals surface area contributed by atoms with Gasteiger partial charge in [-0.15, -0.1) is 0 Å². The number of nitrogens with zero attached hydrogens (tertiary/aromatic N) is 1. The highest BCUT2D eigenvalue weighted by Gasteiger charge is 2.09. The van der Waals surface area contributed by atoms with Crippen LogP contribution in [0.25, 0.3) is 0 Å². The lowest BCUT2D eigenvalue weighted by molar-refractivity contribution is -0.121. The van der Waals surface area contributed by atoms with Crippen LogP contribution in [-0.2, 0) is 4.79 Å². The fraction of sp³-hybridized carbons (Fsp3) is 0.294. The molecule has 0 aliphatic heterocycles. The van der Waals surface area contributed by atoms with Gasteiger partial charge in [-0.2, -0.15) is 0 Å².